The van der Waals surface area contributed by atoms with Crippen LogP contribution in [0.5, 0.6) is 0 Å². The summed E-state index contributed by atoms with van der Waals surface area (Å²) in [6.45, 7) is 0. The molecule has 0 atom stereocenters. The third-order valence-corrected chi connectivity index (χ3v) is 3.15. The number of nitrogens with one attached hydrogen (secondary N) is 1. The molecule has 4 heteroatoms. The number of hydrazone groups is 1. The van der Waals surface area contributed by atoms with Crippen LogP contribution in [0, 0.1) is 11.3 Å². The summed E-state index contributed by atoms with van der Waals surface area (Å²) in [5, 5.41) is 12.6. The highest BCUT2D eigenvalue weighted by Crippen LogP contribution is 2.04. The van der Waals surface area contributed by atoms with E-state index in [1.165, 1.54) is 5.56 Å². The molecule has 22 heavy (non-hydrogen) atoms. The Labute approximate surface area is 130 Å². The van der Waals surface area contributed by atoms with Gasteiger partial charge in [-0.05, 0) is 36.1 Å². The Hall–Kier alpha value is -2.93. The molecule has 0 unspecified atom stereocenters. The number of benzene rings is 2. The highest BCUT2D eigenvalue weighted by atomic mass is 16.2. The fraction of sp³-hybridized carbons (Fsp3) is 0.167. The van der Waals surface area contributed by atoms with E-state index in [0.717, 1.165) is 18.4 Å². The molecular formula is C18H17N3O. The van der Waals surface area contributed by atoms with E-state index in [-0.39, 0.29) is 5.91 Å². The van der Waals surface area contributed by atoms with Gasteiger partial charge >= 0.3 is 0 Å². The molecule has 1 N–H and O–H groups in total. The number of nitrogens with zero attached hydrogens (tertiary/aromatic N) is 2. The lowest BCUT2D eigenvalue weighted by molar-refractivity contribution is -0.121. The van der Waals surface area contributed by atoms with Crippen molar-refractivity contribution >= 4 is 12.1 Å². The van der Waals surface area contributed by atoms with Gasteiger partial charge in [-0.2, -0.15) is 10.4 Å². The zero-order valence-corrected chi connectivity index (χ0v) is 12.2. The van der Waals surface area contributed by atoms with Crippen LogP contribution in [0.25, 0.3) is 0 Å². The zero-order chi connectivity index (χ0) is 15.6. The summed E-state index contributed by atoms with van der Waals surface area (Å²) in [6.07, 6.45) is 3.69. The lowest BCUT2D eigenvalue weighted by Gasteiger charge is -2.01. The summed E-state index contributed by atoms with van der Waals surface area (Å²) in [4.78, 5) is 11.7. The molecule has 0 heterocycles. The van der Waals surface area contributed by atoms with E-state index in [2.05, 4.69) is 28.7 Å². The first-order valence-corrected chi connectivity index (χ1v) is 7.14. The standard InChI is InChI=1S/C18H17N3O/c19-13-16-9-11-17(12-10-16)14-20-21-18(22)8-4-7-15-5-2-1-3-6-15/h1-3,5-6,9-12,14H,4,7-8H2,(H,21,22)/b20-14-. The lowest BCUT2D eigenvalue weighted by atomic mass is 10.1. The minimum atomic E-state index is -0.0965. The maximum atomic E-state index is 11.7. The molecule has 0 radical (unpaired) electrons. The average molecular weight is 291 g/mol. The Bertz CT molecular complexity index is 670. The van der Waals surface area contributed by atoms with E-state index in [0.29, 0.717) is 12.0 Å². The highest BCUT2D eigenvalue weighted by molar-refractivity contribution is 5.82. The van der Waals surface area contributed by atoms with Gasteiger partial charge in [0.05, 0.1) is 17.8 Å². The molecule has 0 aliphatic rings. The lowest BCUT2D eigenvalue weighted by Crippen LogP contribution is -2.17. The van der Waals surface area contributed by atoms with E-state index in [1.54, 1.807) is 30.5 Å². The van der Waals surface area contributed by atoms with E-state index >= 15 is 0 Å². The second-order valence-corrected chi connectivity index (χ2v) is 4.87. The van der Waals surface area contributed by atoms with Gasteiger partial charge < -0.3 is 0 Å². The van der Waals surface area contributed by atoms with Crippen LogP contribution in [0.4, 0.5) is 0 Å². The molecule has 0 fully saturated rings. The van der Waals surface area contributed by atoms with Crippen molar-refractivity contribution in [2.45, 2.75) is 19.3 Å². The van der Waals surface area contributed by atoms with Gasteiger partial charge in [0.15, 0.2) is 0 Å². The summed E-state index contributed by atoms with van der Waals surface area (Å²) in [5.74, 6) is -0.0965. The number of nitriles is 1. The Balaban J connectivity index is 1.70. The monoisotopic (exact) mass is 291 g/mol. The van der Waals surface area contributed by atoms with Crippen molar-refractivity contribution in [2.24, 2.45) is 5.10 Å². The van der Waals surface area contributed by atoms with Gasteiger partial charge in [0, 0.05) is 6.42 Å². The first-order valence-electron chi connectivity index (χ1n) is 7.14. The topological polar surface area (TPSA) is 65.2 Å². The van der Waals surface area contributed by atoms with Crippen LogP contribution in [-0.4, -0.2) is 12.1 Å². The molecule has 2 rings (SSSR count). The molecule has 0 bridgehead atoms. The van der Waals surface area contributed by atoms with Gasteiger partial charge in [0.25, 0.3) is 0 Å². The second kappa shape index (κ2) is 8.38. The number of aryl methyl sites for hydroxylation is 1. The van der Waals surface area contributed by atoms with Crippen LogP contribution in [0.2, 0.25) is 0 Å². The first-order chi connectivity index (χ1) is 10.8. The van der Waals surface area contributed by atoms with Crippen LogP contribution in [0.15, 0.2) is 59.7 Å². The summed E-state index contributed by atoms with van der Waals surface area (Å²) in [6, 6.07) is 19.1. The molecule has 0 saturated heterocycles. The van der Waals surface area contributed by atoms with Gasteiger partial charge in [0.1, 0.15) is 0 Å². The molecule has 1 amide bonds. The fourth-order valence-corrected chi connectivity index (χ4v) is 1.98. The zero-order valence-electron chi connectivity index (χ0n) is 12.2. The van der Waals surface area contributed by atoms with E-state index in [1.807, 2.05) is 18.2 Å². The number of carbonyl (C=O) groups excluding carboxylic acids is 1. The minimum Gasteiger partial charge on any atom is -0.273 e. The van der Waals surface area contributed by atoms with Crippen molar-refractivity contribution in [2.75, 3.05) is 0 Å². The molecule has 110 valence electrons. The first kappa shape index (κ1) is 15.5. The van der Waals surface area contributed by atoms with Gasteiger partial charge in [-0.1, -0.05) is 42.5 Å². The fourth-order valence-electron chi connectivity index (χ4n) is 1.98. The van der Waals surface area contributed by atoms with Crippen molar-refractivity contribution in [3.05, 3.63) is 71.3 Å². The third-order valence-electron chi connectivity index (χ3n) is 3.15. The number of rotatable bonds is 6. The van der Waals surface area contributed by atoms with Crippen molar-refractivity contribution < 1.29 is 4.79 Å². The minimum absolute atomic E-state index is 0.0965. The Morgan fingerprint density at radius 1 is 1.14 bits per heavy atom. The predicted octanol–water partition coefficient (Wildman–Crippen LogP) is 3.03. The second-order valence-electron chi connectivity index (χ2n) is 4.87. The van der Waals surface area contributed by atoms with Crippen LogP contribution in [-0.2, 0) is 11.2 Å². The number of carbonyl (C=O) groups is 1. The molecular weight excluding hydrogens is 274 g/mol. The van der Waals surface area contributed by atoms with Gasteiger partial charge in [-0.3, -0.25) is 4.79 Å². The Morgan fingerprint density at radius 3 is 2.55 bits per heavy atom. The quantitative estimate of drug-likeness (QED) is 0.656. The van der Waals surface area contributed by atoms with Crippen molar-refractivity contribution in [1.82, 2.24) is 5.43 Å². The predicted molar refractivity (Wildman–Crippen MR) is 86.3 cm³/mol. The van der Waals surface area contributed by atoms with E-state index in [4.69, 9.17) is 5.26 Å². The number of hydrogen-bond donors (Lipinski definition) is 1. The van der Waals surface area contributed by atoms with Gasteiger partial charge in [-0.15, -0.1) is 0 Å². The van der Waals surface area contributed by atoms with E-state index in [9.17, 15) is 4.79 Å². The molecule has 0 spiro atoms. The number of amides is 1. The van der Waals surface area contributed by atoms with Gasteiger partial charge in [0.2, 0.25) is 5.91 Å². The molecule has 0 saturated carbocycles. The third kappa shape index (κ3) is 5.22. The van der Waals surface area contributed by atoms with Crippen LogP contribution in [0.1, 0.15) is 29.5 Å². The maximum absolute atomic E-state index is 11.7. The summed E-state index contributed by atoms with van der Waals surface area (Å²) < 4.78 is 0. The molecule has 2 aromatic carbocycles. The summed E-state index contributed by atoms with van der Waals surface area (Å²) >= 11 is 0. The van der Waals surface area contributed by atoms with Crippen molar-refractivity contribution in [1.29, 1.82) is 5.26 Å². The summed E-state index contributed by atoms with van der Waals surface area (Å²) in [7, 11) is 0. The molecule has 4 nitrogen and oxygen atoms in total. The average Bonchev–Trinajstić information content (AvgIpc) is 2.56. The highest BCUT2D eigenvalue weighted by Gasteiger charge is 2.00. The normalized spacial score (nSPS) is 10.3. The summed E-state index contributed by atoms with van der Waals surface area (Å²) in [5.41, 5.74) is 5.18. The van der Waals surface area contributed by atoms with Crippen LogP contribution >= 0.6 is 0 Å². The number of hydrogen-bond acceptors (Lipinski definition) is 3. The molecule has 0 aliphatic carbocycles. The van der Waals surface area contributed by atoms with Crippen molar-refractivity contribution in [3.8, 4) is 6.07 Å². The maximum Gasteiger partial charge on any atom is 0.240 e. The van der Waals surface area contributed by atoms with Gasteiger partial charge in [-0.25, -0.2) is 5.43 Å². The molecule has 2 aromatic rings. The SMILES string of the molecule is N#Cc1ccc(/C=N\NC(=O)CCCc2ccccc2)cc1. The van der Waals surface area contributed by atoms with E-state index < -0.39 is 0 Å². The molecule has 0 aromatic heterocycles. The molecule has 0 aliphatic heterocycles. The van der Waals surface area contributed by atoms with Crippen LogP contribution in [0.3, 0.4) is 0 Å². The largest absolute Gasteiger partial charge is 0.273 e. The van der Waals surface area contributed by atoms with Crippen LogP contribution < -0.4 is 5.43 Å². The smallest absolute Gasteiger partial charge is 0.240 e. The Kier molecular flexibility index (Phi) is 5.89. The Morgan fingerprint density at radius 2 is 1.86 bits per heavy atom. The van der Waals surface area contributed by atoms with Crippen molar-refractivity contribution in [3.63, 3.8) is 0 Å².